The van der Waals surface area contributed by atoms with Gasteiger partial charge < -0.3 is 5.11 Å². The van der Waals surface area contributed by atoms with Crippen molar-refractivity contribution in [3.05, 3.63) is 69.7 Å². The van der Waals surface area contributed by atoms with Gasteiger partial charge >= 0.3 is 0 Å². The molecule has 0 heterocycles. The molecule has 2 aromatic rings. The van der Waals surface area contributed by atoms with E-state index in [1.54, 1.807) is 0 Å². The maximum absolute atomic E-state index is 10.0. The molecular weight excluding hydrogens is 328 g/mol. The number of aliphatic hydroxyl groups excluding tert-OH is 1. The van der Waals surface area contributed by atoms with E-state index in [4.69, 9.17) is 11.6 Å². The van der Waals surface area contributed by atoms with Gasteiger partial charge in [-0.05, 0) is 64.5 Å². The van der Waals surface area contributed by atoms with Crippen LogP contribution in [0.1, 0.15) is 68.7 Å². The standard InChI is InChI=1S/C23H29ClO/c1-22(2)11-12-23(3,4)21-14-17(7-10-20(21)22)18(15-25)13-16-5-8-19(24)9-6-16/h5-10,14,18,25H,11-13,15H2,1-4H3. The van der Waals surface area contributed by atoms with Gasteiger partial charge in [-0.15, -0.1) is 0 Å². The highest BCUT2D eigenvalue weighted by Gasteiger charge is 2.37. The second-order valence-electron chi connectivity index (χ2n) is 8.78. The molecule has 1 aliphatic carbocycles. The van der Waals surface area contributed by atoms with E-state index in [0.717, 1.165) is 11.4 Å². The van der Waals surface area contributed by atoms with Crippen LogP contribution in [0.25, 0.3) is 0 Å². The molecule has 0 saturated carbocycles. The first-order valence-electron chi connectivity index (χ1n) is 9.23. The maximum Gasteiger partial charge on any atom is 0.0502 e. The van der Waals surface area contributed by atoms with E-state index in [0.29, 0.717) is 0 Å². The van der Waals surface area contributed by atoms with Gasteiger partial charge in [0.1, 0.15) is 0 Å². The van der Waals surface area contributed by atoms with Crippen LogP contribution in [-0.4, -0.2) is 11.7 Å². The summed E-state index contributed by atoms with van der Waals surface area (Å²) in [4.78, 5) is 0. The third-order valence-electron chi connectivity index (χ3n) is 5.96. The van der Waals surface area contributed by atoms with Gasteiger partial charge in [-0.1, -0.05) is 69.6 Å². The third-order valence-corrected chi connectivity index (χ3v) is 6.22. The first-order valence-corrected chi connectivity index (χ1v) is 9.61. The van der Waals surface area contributed by atoms with E-state index in [2.05, 4.69) is 58.0 Å². The van der Waals surface area contributed by atoms with Crippen LogP contribution in [0.2, 0.25) is 5.02 Å². The van der Waals surface area contributed by atoms with Crippen molar-refractivity contribution in [3.8, 4) is 0 Å². The van der Waals surface area contributed by atoms with Crippen LogP contribution in [0.15, 0.2) is 42.5 Å². The number of rotatable bonds is 4. The molecule has 0 aromatic heterocycles. The number of fused-ring (bicyclic) bond motifs is 1. The van der Waals surface area contributed by atoms with Crippen molar-refractivity contribution in [2.75, 3.05) is 6.61 Å². The van der Waals surface area contributed by atoms with Gasteiger partial charge in [-0.2, -0.15) is 0 Å². The first-order chi connectivity index (χ1) is 11.7. The molecular formula is C23H29ClO. The summed E-state index contributed by atoms with van der Waals surface area (Å²) in [5.41, 5.74) is 5.80. The van der Waals surface area contributed by atoms with Crippen LogP contribution in [0.3, 0.4) is 0 Å². The van der Waals surface area contributed by atoms with Crippen LogP contribution in [0.5, 0.6) is 0 Å². The second-order valence-corrected chi connectivity index (χ2v) is 9.22. The lowest BCUT2D eigenvalue weighted by atomic mass is 9.62. The Hall–Kier alpha value is -1.31. The molecule has 0 fully saturated rings. The third kappa shape index (κ3) is 3.78. The molecule has 3 rings (SSSR count). The Morgan fingerprint density at radius 2 is 1.52 bits per heavy atom. The molecule has 1 atom stereocenters. The van der Waals surface area contributed by atoms with Gasteiger partial charge in [0.2, 0.25) is 0 Å². The van der Waals surface area contributed by atoms with Crippen LogP contribution in [-0.2, 0) is 17.3 Å². The summed E-state index contributed by atoms with van der Waals surface area (Å²) in [6.45, 7) is 9.54. The van der Waals surface area contributed by atoms with Gasteiger partial charge in [-0.25, -0.2) is 0 Å². The fourth-order valence-electron chi connectivity index (χ4n) is 4.05. The quantitative estimate of drug-likeness (QED) is 0.711. The predicted octanol–water partition coefficient (Wildman–Crippen LogP) is 6.01. The average Bonchev–Trinajstić information content (AvgIpc) is 2.58. The minimum atomic E-state index is 0.118. The topological polar surface area (TPSA) is 20.2 Å². The van der Waals surface area contributed by atoms with E-state index in [-0.39, 0.29) is 23.4 Å². The molecule has 25 heavy (non-hydrogen) atoms. The zero-order valence-electron chi connectivity index (χ0n) is 15.8. The highest BCUT2D eigenvalue weighted by atomic mass is 35.5. The largest absolute Gasteiger partial charge is 0.396 e. The minimum absolute atomic E-state index is 0.118. The van der Waals surface area contributed by atoms with Gasteiger partial charge in [0.05, 0.1) is 6.61 Å². The molecule has 0 aliphatic heterocycles. The Morgan fingerprint density at radius 1 is 0.920 bits per heavy atom. The molecule has 0 saturated heterocycles. The molecule has 1 N–H and O–H groups in total. The molecule has 2 heteroatoms. The van der Waals surface area contributed by atoms with Gasteiger partial charge in [-0.3, -0.25) is 0 Å². The number of benzene rings is 2. The molecule has 0 radical (unpaired) electrons. The Morgan fingerprint density at radius 3 is 2.12 bits per heavy atom. The molecule has 2 aromatic carbocycles. The lowest BCUT2D eigenvalue weighted by Crippen LogP contribution is -2.34. The highest BCUT2D eigenvalue weighted by molar-refractivity contribution is 6.30. The van der Waals surface area contributed by atoms with Crippen molar-refractivity contribution in [2.24, 2.45) is 0 Å². The molecule has 1 unspecified atom stereocenters. The molecule has 1 aliphatic rings. The Bertz CT molecular complexity index is 743. The molecule has 0 spiro atoms. The van der Waals surface area contributed by atoms with Gasteiger partial charge in [0.15, 0.2) is 0 Å². The summed E-state index contributed by atoms with van der Waals surface area (Å²) in [7, 11) is 0. The Labute approximate surface area is 157 Å². The lowest BCUT2D eigenvalue weighted by Gasteiger charge is -2.42. The summed E-state index contributed by atoms with van der Waals surface area (Å²) in [5.74, 6) is 0.118. The number of aliphatic hydroxyl groups is 1. The van der Waals surface area contributed by atoms with Crippen molar-refractivity contribution in [1.29, 1.82) is 0 Å². The summed E-state index contributed by atoms with van der Waals surface area (Å²) in [6.07, 6.45) is 3.26. The normalized spacial score (nSPS) is 19.3. The minimum Gasteiger partial charge on any atom is -0.396 e. The van der Waals surface area contributed by atoms with Crippen molar-refractivity contribution in [1.82, 2.24) is 0 Å². The van der Waals surface area contributed by atoms with E-state index < -0.39 is 0 Å². The second kappa shape index (κ2) is 6.78. The van der Waals surface area contributed by atoms with E-state index in [9.17, 15) is 5.11 Å². The monoisotopic (exact) mass is 356 g/mol. The van der Waals surface area contributed by atoms with Gasteiger partial charge in [0.25, 0.3) is 0 Å². The smallest absolute Gasteiger partial charge is 0.0502 e. The van der Waals surface area contributed by atoms with E-state index in [1.165, 1.54) is 35.1 Å². The summed E-state index contributed by atoms with van der Waals surface area (Å²) in [5, 5.41) is 10.8. The van der Waals surface area contributed by atoms with Crippen molar-refractivity contribution >= 4 is 11.6 Å². The average molecular weight is 357 g/mol. The zero-order valence-corrected chi connectivity index (χ0v) is 16.5. The van der Waals surface area contributed by atoms with Crippen LogP contribution in [0.4, 0.5) is 0 Å². The number of hydrogen-bond acceptors (Lipinski definition) is 1. The maximum atomic E-state index is 10.0. The fourth-order valence-corrected chi connectivity index (χ4v) is 4.18. The molecule has 1 nitrogen and oxygen atoms in total. The summed E-state index contributed by atoms with van der Waals surface area (Å²) < 4.78 is 0. The highest BCUT2D eigenvalue weighted by Crippen LogP contribution is 2.46. The molecule has 0 bridgehead atoms. The predicted molar refractivity (Wildman–Crippen MR) is 107 cm³/mol. The van der Waals surface area contributed by atoms with E-state index >= 15 is 0 Å². The molecule has 0 amide bonds. The summed E-state index contributed by atoms with van der Waals surface area (Å²) >= 11 is 5.99. The van der Waals surface area contributed by atoms with Gasteiger partial charge in [0, 0.05) is 10.9 Å². The fraction of sp³-hybridized carbons (Fsp3) is 0.478. The number of halogens is 1. The van der Waals surface area contributed by atoms with Crippen LogP contribution in [0, 0.1) is 0 Å². The zero-order chi connectivity index (χ0) is 18.2. The van der Waals surface area contributed by atoms with Crippen LogP contribution < -0.4 is 0 Å². The Balaban J connectivity index is 1.95. The van der Waals surface area contributed by atoms with Crippen molar-refractivity contribution < 1.29 is 5.11 Å². The van der Waals surface area contributed by atoms with E-state index in [1.807, 2.05) is 12.1 Å². The summed E-state index contributed by atoms with van der Waals surface area (Å²) in [6, 6.07) is 14.8. The van der Waals surface area contributed by atoms with Crippen molar-refractivity contribution in [2.45, 2.75) is 63.7 Å². The lowest BCUT2D eigenvalue weighted by molar-refractivity contribution is 0.264. The number of hydrogen-bond donors (Lipinski definition) is 1. The van der Waals surface area contributed by atoms with Crippen LogP contribution >= 0.6 is 11.6 Å². The molecule has 134 valence electrons. The van der Waals surface area contributed by atoms with Crippen molar-refractivity contribution in [3.63, 3.8) is 0 Å². The Kier molecular flexibility index (Phi) is 5.01. The SMILES string of the molecule is CC1(C)CCC(C)(C)c2cc(C(CO)Cc3ccc(Cl)cc3)ccc21. The first kappa shape index (κ1) is 18.5.